The third-order valence-corrected chi connectivity index (χ3v) is 4.83. The van der Waals surface area contributed by atoms with Crippen LogP contribution < -0.4 is 0 Å². The maximum absolute atomic E-state index is 8.86. The molecule has 1 heterocycles. The van der Waals surface area contributed by atoms with Gasteiger partial charge >= 0.3 is 0 Å². The summed E-state index contributed by atoms with van der Waals surface area (Å²) in [6.45, 7) is 5.01. The van der Waals surface area contributed by atoms with Crippen molar-refractivity contribution in [1.82, 2.24) is 14.8 Å². The van der Waals surface area contributed by atoms with Crippen LogP contribution in [0.15, 0.2) is 53.7 Å². The van der Waals surface area contributed by atoms with Gasteiger partial charge in [-0.2, -0.15) is 5.26 Å². The van der Waals surface area contributed by atoms with Crippen molar-refractivity contribution in [2.75, 3.05) is 0 Å². The lowest BCUT2D eigenvalue weighted by atomic mass is 10.1. The average Bonchev–Trinajstić information content (AvgIpc) is 3.04. The van der Waals surface area contributed by atoms with Crippen molar-refractivity contribution in [3.8, 4) is 17.5 Å². The predicted molar refractivity (Wildman–Crippen MR) is 96.6 cm³/mol. The van der Waals surface area contributed by atoms with Crippen LogP contribution in [-0.2, 0) is 12.3 Å². The van der Waals surface area contributed by atoms with Gasteiger partial charge in [0.05, 0.1) is 11.6 Å². The largest absolute Gasteiger partial charge is 0.302 e. The fourth-order valence-corrected chi connectivity index (χ4v) is 3.38. The van der Waals surface area contributed by atoms with Crippen LogP contribution in [0.25, 0.3) is 11.4 Å². The molecule has 0 bridgehead atoms. The highest BCUT2D eigenvalue weighted by Gasteiger charge is 2.13. The van der Waals surface area contributed by atoms with E-state index in [1.54, 1.807) is 11.8 Å². The first kappa shape index (κ1) is 16.3. The third-order valence-electron chi connectivity index (χ3n) is 3.79. The summed E-state index contributed by atoms with van der Waals surface area (Å²) in [5.41, 5.74) is 4.17. The van der Waals surface area contributed by atoms with E-state index in [0.717, 1.165) is 28.8 Å². The number of nitrogens with zero attached hydrogens (tertiary/aromatic N) is 4. The first-order valence-corrected chi connectivity index (χ1v) is 8.82. The number of hydrogen-bond donors (Lipinski definition) is 0. The van der Waals surface area contributed by atoms with E-state index in [2.05, 4.69) is 58.9 Å². The van der Waals surface area contributed by atoms with Gasteiger partial charge in [-0.05, 0) is 31.5 Å². The number of hydrogen-bond acceptors (Lipinski definition) is 4. The van der Waals surface area contributed by atoms with Crippen molar-refractivity contribution in [3.05, 3.63) is 65.2 Å². The quantitative estimate of drug-likeness (QED) is 0.647. The molecule has 0 saturated heterocycles. The molecule has 1 aromatic heterocycles. The second kappa shape index (κ2) is 7.33. The van der Waals surface area contributed by atoms with Gasteiger partial charge in [-0.3, -0.25) is 0 Å². The van der Waals surface area contributed by atoms with Gasteiger partial charge < -0.3 is 4.57 Å². The molecule has 3 rings (SSSR count). The van der Waals surface area contributed by atoms with Crippen LogP contribution in [0.4, 0.5) is 0 Å². The first-order chi connectivity index (χ1) is 11.7. The SMILES string of the molecule is CCn1c(SCc2ccc(C#N)cc2)nnc1-c1ccc(C)cc1. The van der Waals surface area contributed by atoms with Crippen LogP contribution >= 0.6 is 11.8 Å². The van der Waals surface area contributed by atoms with Crippen molar-refractivity contribution in [1.29, 1.82) is 5.26 Å². The van der Waals surface area contributed by atoms with Gasteiger partial charge in [-0.25, -0.2) is 0 Å². The summed E-state index contributed by atoms with van der Waals surface area (Å²) in [4.78, 5) is 0. The fraction of sp³-hybridized carbons (Fsp3) is 0.211. The van der Waals surface area contributed by atoms with Crippen LogP contribution in [0.5, 0.6) is 0 Å². The molecule has 24 heavy (non-hydrogen) atoms. The van der Waals surface area contributed by atoms with Gasteiger partial charge in [0, 0.05) is 17.9 Å². The molecule has 0 aliphatic rings. The molecular formula is C19H18N4S. The predicted octanol–water partition coefficient (Wildman–Crippen LogP) is 4.44. The molecule has 0 atom stereocenters. The molecule has 0 radical (unpaired) electrons. The van der Waals surface area contributed by atoms with E-state index >= 15 is 0 Å². The van der Waals surface area contributed by atoms with E-state index in [9.17, 15) is 0 Å². The van der Waals surface area contributed by atoms with Gasteiger partial charge in [-0.15, -0.1) is 10.2 Å². The number of thioether (sulfide) groups is 1. The minimum atomic E-state index is 0.683. The lowest BCUT2D eigenvalue weighted by Gasteiger charge is -2.07. The first-order valence-electron chi connectivity index (χ1n) is 7.83. The van der Waals surface area contributed by atoms with Crippen molar-refractivity contribution in [2.45, 2.75) is 31.3 Å². The van der Waals surface area contributed by atoms with Gasteiger partial charge in [0.2, 0.25) is 0 Å². The van der Waals surface area contributed by atoms with Crippen molar-refractivity contribution in [2.24, 2.45) is 0 Å². The molecule has 0 saturated carbocycles. The Morgan fingerprint density at radius 3 is 2.38 bits per heavy atom. The van der Waals surface area contributed by atoms with Gasteiger partial charge in [0.25, 0.3) is 0 Å². The molecule has 2 aromatic carbocycles. The minimum Gasteiger partial charge on any atom is -0.302 e. The Morgan fingerprint density at radius 1 is 1.04 bits per heavy atom. The van der Waals surface area contributed by atoms with Gasteiger partial charge in [0.1, 0.15) is 0 Å². The molecular weight excluding hydrogens is 316 g/mol. The molecule has 0 aliphatic carbocycles. The zero-order valence-corrected chi connectivity index (χ0v) is 14.5. The van der Waals surface area contributed by atoms with Crippen molar-refractivity contribution >= 4 is 11.8 Å². The highest BCUT2D eigenvalue weighted by atomic mass is 32.2. The normalized spacial score (nSPS) is 10.5. The van der Waals surface area contributed by atoms with E-state index in [1.165, 1.54) is 11.1 Å². The van der Waals surface area contributed by atoms with E-state index in [-0.39, 0.29) is 0 Å². The highest BCUT2D eigenvalue weighted by Crippen LogP contribution is 2.26. The van der Waals surface area contributed by atoms with E-state index in [0.29, 0.717) is 5.56 Å². The zero-order chi connectivity index (χ0) is 16.9. The minimum absolute atomic E-state index is 0.683. The standard InChI is InChI=1S/C19H18N4S/c1-3-23-18(17-10-4-14(2)5-11-17)21-22-19(23)24-13-16-8-6-15(12-20)7-9-16/h4-11H,3,13H2,1-2H3. The Morgan fingerprint density at radius 2 is 1.75 bits per heavy atom. The highest BCUT2D eigenvalue weighted by molar-refractivity contribution is 7.98. The Balaban J connectivity index is 1.78. The second-order valence-corrected chi connectivity index (χ2v) is 6.46. The monoisotopic (exact) mass is 334 g/mol. The maximum Gasteiger partial charge on any atom is 0.191 e. The number of benzene rings is 2. The number of nitriles is 1. The Bertz CT molecular complexity index is 858. The lowest BCUT2D eigenvalue weighted by molar-refractivity contribution is 0.687. The van der Waals surface area contributed by atoms with Crippen LogP contribution in [0.1, 0.15) is 23.6 Å². The van der Waals surface area contributed by atoms with Crippen LogP contribution in [0.3, 0.4) is 0 Å². The molecule has 3 aromatic rings. The average molecular weight is 334 g/mol. The van der Waals surface area contributed by atoms with Crippen molar-refractivity contribution in [3.63, 3.8) is 0 Å². The number of rotatable bonds is 5. The summed E-state index contributed by atoms with van der Waals surface area (Å²) in [6, 6.07) is 18.1. The Labute approximate surface area is 146 Å². The molecule has 0 unspecified atom stereocenters. The fourth-order valence-electron chi connectivity index (χ4n) is 2.42. The summed E-state index contributed by atoms with van der Waals surface area (Å²) in [5.74, 6) is 1.71. The lowest BCUT2D eigenvalue weighted by Crippen LogP contribution is -2.00. The Kier molecular flexibility index (Phi) is 4.97. The zero-order valence-electron chi connectivity index (χ0n) is 13.7. The molecule has 4 nitrogen and oxygen atoms in total. The summed E-state index contributed by atoms with van der Waals surface area (Å²) in [6.07, 6.45) is 0. The van der Waals surface area contributed by atoms with E-state index in [4.69, 9.17) is 5.26 Å². The summed E-state index contributed by atoms with van der Waals surface area (Å²) >= 11 is 1.66. The molecule has 5 heteroatoms. The molecule has 0 spiro atoms. The summed E-state index contributed by atoms with van der Waals surface area (Å²) < 4.78 is 2.14. The van der Waals surface area contributed by atoms with Crippen molar-refractivity contribution < 1.29 is 0 Å². The number of aryl methyl sites for hydroxylation is 1. The molecule has 0 amide bonds. The number of aromatic nitrogens is 3. The second-order valence-electron chi connectivity index (χ2n) is 5.51. The van der Waals surface area contributed by atoms with Crippen LogP contribution in [-0.4, -0.2) is 14.8 Å². The summed E-state index contributed by atoms with van der Waals surface area (Å²) in [5, 5.41) is 18.5. The van der Waals surface area contributed by atoms with E-state index < -0.39 is 0 Å². The maximum atomic E-state index is 8.86. The molecule has 120 valence electrons. The third kappa shape index (κ3) is 3.50. The van der Waals surface area contributed by atoms with Crippen LogP contribution in [0.2, 0.25) is 0 Å². The molecule has 0 fully saturated rings. The molecule has 0 aliphatic heterocycles. The van der Waals surface area contributed by atoms with E-state index in [1.807, 2.05) is 24.3 Å². The Hall–Kier alpha value is -2.58. The smallest absolute Gasteiger partial charge is 0.191 e. The van der Waals surface area contributed by atoms with Gasteiger partial charge in [0.15, 0.2) is 11.0 Å². The van der Waals surface area contributed by atoms with Gasteiger partial charge in [-0.1, -0.05) is 53.7 Å². The topological polar surface area (TPSA) is 54.5 Å². The van der Waals surface area contributed by atoms with Crippen LogP contribution in [0, 0.1) is 18.3 Å². The molecule has 0 N–H and O–H groups in total. The summed E-state index contributed by atoms with van der Waals surface area (Å²) in [7, 11) is 0.